The lowest BCUT2D eigenvalue weighted by Crippen LogP contribution is -2.31. The molecule has 3 aromatic heterocycles. The van der Waals surface area contributed by atoms with Crippen LogP contribution in [-0.2, 0) is 12.8 Å². The summed E-state index contributed by atoms with van der Waals surface area (Å²) in [6, 6.07) is 5.32. The summed E-state index contributed by atoms with van der Waals surface area (Å²) in [5.41, 5.74) is 2.55. The first-order chi connectivity index (χ1) is 16.8. The van der Waals surface area contributed by atoms with Crippen LogP contribution in [0.3, 0.4) is 0 Å². The highest BCUT2D eigenvalue weighted by Gasteiger charge is 2.38. The summed E-state index contributed by atoms with van der Waals surface area (Å²) in [7, 11) is 2.13. The maximum Gasteiger partial charge on any atom is 0.429 e. The number of benzene rings is 1. The van der Waals surface area contributed by atoms with Crippen molar-refractivity contribution >= 4 is 22.6 Å². The fourth-order valence-corrected chi connectivity index (χ4v) is 4.60. The van der Waals surface area contributed by atoms with E-state index in [1.165, 1.54) is 4.68 Å². The van der Waals surface area contributed by atoms with Gasteiger partial charge in [-0.1, -0.05) is 11.3 Å². The normalized spacial score (nSPS) is 17.2. The molecule has 0 bridgehead atoms. The molecular weight excluding hydrogens is 459 g/mol. The average molecular weight is 481 g/mol. The highest BCUT2D eigenvalue weighted by molar-refractivity contribution is 5.98. The zero-order valence-corrected chi connectivity index (χ0v) is 18.9. The average Bonchev–Trinajstić information content (AvgIpc) is 3.57. The van der Waals surface area contributed by atoms with Crippen LogP contribution in [0.2, 0.25) is 0 Å². The van der Waals surface area contributed by atoms with E-state index in [-0.39, 0.29) is 12.1 Å². The first-order valence-corrected chi connectivity index (χ1v) is 11.4. The Morgan fingerprint density at radius 3 is 2.74 bits per heavy atom. The van der Waals surface area contributed by atoms with Gasteiger partial charge in [0.25, 0.3) is 0 Å². The predicted molar refractivity (Wildman–Crippen MR) is 122 cm³/mol. The molecule has 0 amide bonds. The van der Waals surface area contributed by atoms with Gasteiger partial charge < -0.3 is 4.90 Å². The number of hydrogen-bond donors (Lipinski definition) is 0. The quantitative estimate of drug-likeness (QED) is 0.444. The van der Waals surface area contributed by atoms with Crippen molar-refractivity contribution in [1.82, 2.24) is 39.6 Å². The highest BCUT2D eigenvalue weighted by atomic mass is 19.4. The third-order valence-electron chi connectivity index (χ3n) is 6.58. The molecule has 0 saturated carbocycles. The molecule has 1 fully saturated rings. The second kappa shape index (κ2) is 8.22. The summed E-state index contributed by atoms with van der Waals surface area (Å²) in [5.74, 6) is 0.586. The van der Waals surface area contributed by atoms with Gasteiger partial charge in [-0.25, -0.2) is 15.0 Å². The topological polar surface area (TPSA) is 89.9 Å². The maximum absolute atomic E-state index is 13.1. The molecule has 1 saturated heterocycles. The molecule has 0 atom stereocenters. The van der Waals surface area contributed by atoms with Gasteiger partial charge in [0.05, 0.1) is 29.8 Å². The molecule has 0 unspecified atom stereocenters. The van der Waals surface area contributed by atoms with Crippen molar-refractivity contribution in [3.8, 4) is 5.69 Å². The summed E-state index contributed by atoms with van der Waals surface area (Å²) in [6.45, 7) is 2.12. The van der Waals surface area contributed by atoms with Gasteiger partial charge in [0.1, 0.15) is 11.5 Å². The van der Waals surface area contributed by atoms with Crippen LogP contribution in [0.4, 0.5) is 18.9 Å². The molecule has 12 heteroatoms. The van der Waals surface area contributed by atoms with Crippen LogP contribution in [0.1, 0.15) is 35.8 Å². The second-order valence-electron chi connectivity index (χ2n) is 9.08. The standard InChI is InChI=1S/C23H22F3N9/c1-33-6-4-16(5-7-33)34-13-14(11-28-34)8-21-27-12-19-22(30-21)35(32-31-19)17-3-2-15-9-20(23(24,25)26)29-18(15)10-17/h2-3,10-13,16H,4-9H2,1H3. The molecule has 9 nitrogen and oxygen atoms in total. The number of alkyl halides is 3. The number of aliphatic imine (C=N–C) groups is 1. The molecule has 0 spiro atoms. The van der Waals surface area contributed by atoms with Gasteiger partial charge in [0, 0.05) is 19.0 Å². The second-order valence-corrected chi connectivity index (χ2v) is 9.08. The zero-order chi connectivity index (χ0) is 24.2. The lowest BCUT2D eigenvalue weighted by Gasteiger charge is -2.28. The van der Waals surface area contributed by atoms with Gasteiger partial charge in [-0.2, -0.15) is 23.0 Å². The third-order valence-corrected chi connectivity index (χ3v) is 6.58. The summed E-state index contributed by atoms with van der Waals surface area (Å²) in [4.78, 5) is 15.2. The SMILES string of the molecule is CN1CCC(n2cc(Cc3ncc4nnn(-c5ccc6c(c5)N=C(C(F)(F)F)C6)c4n3)cn2)CC1. The minimum atomic E-state index is -4.44. The van der Waals surface area contributed by atoms with Crippen molar-refractivity contribution in [2.24, 2.45) is 4.99 Å². The van der Waals surface area contributed by atoms with Gasteiger partial charge in [-0.15, -0.1) is 5.10 Å². The van der Waals surface area contributed by atoms with Crippen LogP contribution >= 0.6 is 0 Å². The number of rotatable bonds is 4. The molecule has 35 heavy (non-hydrogen) atoms. The van der Waals surface area contributed by atoms with E-state index < -0.39 is 11.9 Å². The van der Waals surface area contributed by atoms with Crippen molar-refractivity contribution in [1.29, 1.82) is 0 Å². The zero-order valence-electron chi connectivity index (χ0n) is 18.9. The molecular formula is C23H22F3N9. The Morgan fingerprint density at radius 2 is 1.94 bits per heavy atom. The fraction of sp³-hybridized carbons (Fsp3) is 0.391. The van der Waals surface area contributed by atoms with E-state index in [9.17, 15) is 13.2 Å². The van der Waals surface area contributed by atoms with Gasteiger partial charge in [-0.3, -0.25) is 4.68 Å². The molecule has 5 heterocycles. The van der Waals surface area contributed by atoms with Gasteiger partial charge >= 0.3 is 6.18 Å². The number of fused-ring (bicyclic) bond motifs is 2. The Kier molecular flexibility index (Phi) is 5.13. The molecule has 0 aliphatic carbocycles. The van der Waals surface area contributed by atoms with Crippen LogP contribution in [0, 0.1) is 0 Å². The maximum atomic E-state index is 13.1. The van der Waals surface area contributed by atoms with Crippen molar-refractivity contribution in [3.05, 3.63) is 53.7 Å². The summed E-state index contributed by atoms with van der Waals surface area (Å²) in [5, 5.41) is 12.8. The number of halogens is 3. The van der Waals surface area contributed by atoms with E-state index in [1.54, 1.807) is 24.4 Å². The predicted octanol–water partition coefficient (Wildman–Crippen LogP) is 3.46. The van der Waals surface area contributed by atoms with Crippen LogP contribution in [0.15, 0.2) is 41.8 Å². The molecule has 0 radical (unpaired) electrons. The smallest absolute Gasteiger partial charge is 0.306 e. The molecule has 0 N–H and O–H groups in total. The summed E-state index contributed by atoms with van der Waals surface area (Å²) in [6.07, 6.45) is 3.47. The van der Waals surface area contributed by atoms with E-state index >= 15 is 0 Å². The summed E-state index contributed by atoms with van der Waals surface area (Å²) < 4.78 is 42.8. The van der Waals surface area contributed by atoms with E-state index in [4.69, 9.17) is 0 Å². The molecule has 2 aliphatic rings. The van der Waals surface area contributed by atoms with Crippen LogP contribution in [0.5, 0.6) is 0 Å². The third kappa shape index (κ3) is 4.18. The Labute approximate surface area is 198 Å². The molecule has 2 aliphatic heterocycles. The fourth-order valence-electron chi connectivity index (χ4n) is 4.60. The summed E-state index contributed by atoms with van der Waals surface area (Å²) >= 11 is 0. The van der Waals surface area contributed by atoms with Crippen molar-refractivity contribution < 1.29 is 13.2 Å². The molecule has 4 aromatic rings. The first-order valence-electron chi connectivity index (χ1n) is 11.4. The lowest BCUT2D eigenvalue weighted by molar-refractivity contribution is -0.0597. The van der Waals surface area contributed by atoms with E-state index in [2.05, 4.69) is 48.5 Å². The largest absolute Gasteiger partial charge is 0.429 e. The van der Waals surface area contributed by atoms with Crippen molar-refractivity contribution in [2.45, 2.75) is 37.9 Å². The minimum absolute atomic E-state index is 0.227. The monoisotopic (exact) mass is 481 g/mol. The van der Waals surface area contributed by atoms with Crippen LogP contribution in [-0.4, -0.2) is 71.7 Å². The minimum Gasteiger partial charge on any atom is -0.306 e. The van der Waals surface area contributed by atoms with E-state index in [0.717, 1.165) is 31.5 Å². The molecule has 1 aromatic carbocycles. The molecule has 6 rings (SSSR count). The Hall–Kier alpha value is -3.67. The number of aromatic nitrogens is 7. The van der Waals surface area contributed by atoms with Crippen molar-refractivity contribution in [3.63, 3.8) is 0 Å². The number of nitrogens with zero attached hydrogens (tertiary/aromatic N) is 9. The van der Waals surface area contributed by atoms with Gasteiger partial charge in [-0.05, 0) is 56.2 Å². The van der Waals surface area contributed by atoms with Crippen LogP contribution in [0.25, 0.3) is 16.9 Å². The van der Waals surface area contributed by atoms with Crippen molar-refractivity contribution in [2.75, 3.05) is 20.1 Å². The number of piperidine rings is 1. The van der Waals surface area contributed by atoms with Crippen LogP contribution < -0.4 is 0 Å². The Bertz CT molecular complexity index is 1430. The Morgan fingerprint density at radius 1 is 1.11 bits per heavy atom. The van der Waals surface area contributed by atoms with Gasteiger partial charge in [0.15, 0.2) is 11.2 Å². The van der Waals surface area contributed by atoms with Gasteiger partial charge in [0.2, 0.25) is 0 Å². The number of likely N-dealkylation sites (tertiary alicyclic amines) is 1. The highest BCUT2D eigenvalue weighted by Crippen LogP contribution is 2.34. The van der Waals surface area contributed by atoms with E-state index in [0.29, 0.717) is 40.7 Å². The first kappa shape index (κ1) is 21.8. The lowest BCUT2D eigenvalue weighted by atomic mass is 10.1. The Balaban J connectivity index is 1.26. The molecule has 180 valence electrons. The number of hydrogen-bond acceptors (Lipinski definition) is 7. The van der Waals surface area contributed by atoms with E-state index in [1.807, 2.05) is 10.9 Å².